The molecule has 1 amide bonds. The molecule has 2 atom stereocenters. The highest BCUT2D eigenvalue weighted by molar-refractivity contribution is 9.10. The van der Waals surface area contributed by atoms with E-state index in [9.17, 15) is 14.7 Å². The van der Waals surface area contributed by atoms with Gasteiger partial charge in [0.15, 0.2) is 0 Å². The van der Waals surface area contributed by atoms with E-state index in [0.717, 1.165) is 0 Å². The maximum Gasteiger partial charge on any atom is 0.307 e. The lowest BCUT2D eigenvalue weighted by atomic mass is 10.2. The standard InChI is InChI=1S/C11H9BrClNO4/c12-4-1-7(13)9(8(15)2-4)14-10(16)5-3-6(5)11(17)18/h1-2,5-6,15H,3H2,(H,14,16)(H,17,18)/t5-,6-/m1/s1. The van der Waals surface area contributed by atoms with Crippen LogP contribution in [0, 0.1) is 11.8 Å². The number of nitrogens with one attached hydrogen (secondary N) is 1. The molecule has 7 heteroatoms. The number of carboxylic acid groups (broad SMARTS) is 1. The molecule has 1 aromatic carbocycles. The van der Waals surface area contributed by atoms with Gasteiger partial charge < -0.3 is 15.5 Å². The van der Waals surface area contributed by atoms with E-state index in [2.05, 4.69) is 21.2 Å². The molecule has 1 aromatic rings. The van der Waals surface area contributed by atoms with Gasteiger partial charge in [-0.2, -0.15) is 0 Å². The highest BCUT2D eigenvalue weighted by atomic mass is 79.9. The largest absolute Gasteiger partial charge is 0.506 e. The minimum absolute atomic E-state index is 0.0981. The van der Waals surface area contributed by atoms with Crippen molar-refractivity contribution in [2.75, 3.05) is 5.32 Å². The molecule has 2 rings (SSSR count). The first kappa shape index (κ1) is 13.2. The number of carbonyl (C=O) groups is 2. The fraction of sp³-hybridized carbons (Fsp3) is 0.273. The van der Waals surface area contributed by atoms with Crippen LogP contribution in [0.1, 0.15) is 6.42 Å². The first-order valence-corrected chi connectivity index (χ1v) is 6.29. The van der Waals surface area contributed by atoms with Crippen molar-refractivity contribution in [2.45, 2.75) is 6.42 Å². The van der Waals surface area contributed by atoms with E-state index < -0.39 is 23.7 Å². The Morgan fingerprint density at radius 3 is 2.56 bits per heavy atom. The third-order valence-corrected chi connectivity index (χ3v) is 3.48. The number of halogens is 2. The second-order valence-electron chi connectivity index (χ2n) is 4.06. The summed E-state index contributed by atoms with van der Waals surface area (Å²) in [5, 5.41) is 21.0. The zero-order valence-electron chi connectivity index (χ0n) is 8.98. The van der Waals surface area contributed by atoms with Crippen LogP contribution in [0.15, 0.2) is 16.6 Å². The number of anilines is 1. The van der Waals surface area contributed by atoms with Gasteiger partial charge in [-0.3, -0.25) is 9.59 Å². The third kappa shape index (κ3) is 2.59. The van der Waals surface area contributed by atoms with E-state index in [1.54, 1.807) is 0 Å². The summed E-state index contributed by atoms with van der Waals surface area (Å²) in [7, 11) is 0. The van der Waals surface area contributed by atoms with Crippen LogP contribution in [0.25, 0.3) is 0 Å². The molecule has 0 unspecified atom stereocenters. The molecule has 3 N–H and O–H groups in total. The van der Waals surface area contributed by atoms with Gasteiger partial charge in [0.2, 0.25) is 5.91 Å². The normalized spacial score (nSPS) is 21.4. The number of benzene rings is 1. The van der Waals surface area contributed by atoms with Crippen molar-refractivity contribution in [1.29, 1.82) is 0 Å². The fourth-order valence-corrected chi connectivity index (χ4v) is 2.50. The zero-order valence-corrected chi connectivity index (χ0v) is 11.3. The molecule has 0 aliphatic heterocycles. The van der Waals surface area contributed by atoms with E-state index in [1.165, 1.54) is 12.1 Å². The van der Waals surface area contributed by atoms with Crippen LogP contribution < -0.4 is 5.32 Å². The average Bonchev–Trinajstić information content (AvgIpc) is 3.02. The van der Waals surface area contributed by atoms with E-state index >= 15 is 0 Å². The molecule has 0 saturated heterocycles. The Morgan fingerprint density at radius 2 is 2.06 bits per heavy atom. The second-order valence-corrected chi connectivity index (χ2v) is 5.38. The first-order chi connectivity index (χ1) is 8.40. The van der Waals surface area contributed by atoms with E-state index in [4.69, 9.17) is 16.7 Å². The van der Waals surface area contributed by atoms with Crippen molar-refractivity contribution in [3.63, 3.8) is 0 Å². The van der Waals surface area contributed by atoms with Gasteiger partial charge >= 0.3 is 5.97 Å². The lowest BCUT2D eigenvalue weighted by molar-refractivity contribution is -0.139. The molecule has 96 valence electrons. The Kier molecular flexibility index (Phi) is 3.49. The van der Waals surface area contributed by atoms with Crippen LogP contribution in [0.5, 0.6) is 5.75 Å². The van der Waals surface area contributed by atoms with Crippen molar-refractivity contribution in [3.8, 4) is 5.75 Å². The number of phenols is 1. The molecule has 0 heterocycles. The summed E-state index contributed by atoms with van der Waals surface area (Å²) in [4.78, 5) is 22.4. The summed E-state index contributed by atoms with van der Waals surface area (Å²) in [6, 6.07) is 2.92. The Hall–Kier alpha value is -1.27. The number of aromatic hydroxyl groups is 1. The Morgan fingerprint density at radius 1 is 1.39 bits per heavy atom. The van der Waals surface area contributed by atoms with Gasteiger partial charge in [0.1, 0.15) is 11.4 Å². The molecular weight excluding hydrogens is 325 g/mol. The summed E-state index contributed by atoms with van der Waals surface area (Å²) in [6.07, 6.45) is 0.316. The minimum Gasteiger partial charge on any atom is -0.506 e. The van der Waals surface area contributed by atoms with Crippen molar-refractivity contribution < 1.29 is 19.8 Å². The summed E-state index contributed by atoms with van der Waals surface area (Å²) in [6.45, 7) is 0. The van der Waals surface area contributed by atoms with Gasteiger partial charge in [-0.25, -0.2) is 0 Å². The predicted octanol–water partition coefficient (Wildman–Crippen LogP) is 2.47. The third-order valence-electron chi connectivity index (χ3n) is 2.73. The van der Waals surface area contributed by atoms with Gasteiger partial charge in [-0.1, -0.05) is 27.5 Å². The average molecular weight is 335 g/mol. The number of hydrogen-bond acceptors (Lipinski definition) is 3. The number of rotatable bonds is 3. The zero-order chi connectivity index (χ0) is 13.4. The number of carboxylic acids is 1. The number of aliphatic carboxylic acids is 1. The van der Waals surface area contributed by atoms with Crippen molar-refractivity contribution in [2.24, 2.45) is 11.8 Å². The van der Waals surface area contributed by atoms with Gasteiger partial charge in [-0.05, 0) is 18.6 Å². The number of phenolic OH excluding ortho intramolecular Hbond substituents is 1. The Labute approximate surface area is 116 Å². The lowest BCUT2D eigenvalue weighted by Crippen LogP contribution is -2.17. The molecule has 0 bridgehead atoms. The second kappa shape index (κ2) is 4.78. The molecule has 0 spiro atoms. The molecule has 5 nitrogen and oxygen atoms in total. The smallest absolute Gasteiger partial charge is 0.307 e. The Balaban J connectivity index is 2.11. The number of carbonyl (C=O) groups excluding carboxylic acids is 1. The van der Waals surface area contributed by atoms with Crippen molar-refractivity contribution in [3.05, 3.63) is 21.6 Å². The van der Waals surface area contributed by atoms with E-state index in [-0.39, 0.29) is 16.5 Å². The highest BCUT2D eigenvalue weighted by Crippen LogP contribution is 2.41. The number of hydrogen-bond donors (Lipinski definition) is 3. The molecule has 1 fully saturated rings. The van der Waals surface area contributed by atoms with Gasteiger partial charge in [0.25, 0.3) is 0 Å². The lowest BCUT2D eigenvalue weighted by Gasteiger charge is -2.09. The van der Waals surface area contributed by atoms with Gasteiger partial charge in [0, 0.05) is 4.47 Å². The SMILES string of the molecule is O=C(O)[C@@H]1C[C@H]1C(=O)Nc1c(O)cc(Br)cc1Cl. The molecular formula is C11H9BrClNO4. The summed E-state index contributed by atoms with van der Waals surface area (Å²) >= 11 is 9.03. The van der Waals surface area contributed by atoms with Crippen LogP contribution in [0.3, 0.4) is 0 Å². The molecule has 1 saturated carbocycles. The molecule has 0 aromatic heterocycles. The molecule has 1 aliphatic carbocycles. The minimum atomic E-state index is -0.985. The topological polar surface area (TPSA) is 86.6 Å². The molecule has 18 heavy (non-hydrogen) atoms. The van der Waals surface area contributed by atoms with Crippen LogP contribution in [-0.2, 0) is 9.59 Å². The first-order valence-electron chi connectivity index (χ1n) is 5.12. The molecule has 0 radical (unpaired) electrons. The predicted molar refractivity (Wildman–Crippen MR) is 68.7 cm³/mol. The van der Waals surface area contributed by atoms with Crippen molar-refractivity contribution >= 4 is 45.1 Å². The highest BCUT2D eigenvalue weighted by Gasteiger charge is 2.48. The number of amides is 1. The van der Waals surface area contributed by atoms with Gasteiger partial charge in [-0.15, -0.1) is 0 Å². The van der Waals surface area contributed by atoms with Crippen LogP contribution in [-0.4, -0.2) is 22.1 Å². The summed E-state index contributed by atoms with van der Waals surface area (Å²) in [5.74, 6) is -2.79. The van der Waals surface area contributed by atoms with Gasteiger partial charge in [0.05, 0.1) is 16.9 Å². The van der Waals surface area contributed by atoms with Crippen LogP contribution in [0.2, 0.25) is 5.02 Å². The quantitative estimate of drug-likeness (QED) is 0.741. The van der Waals surface area contributed by atoms with Crippen molar-refractivity contribution in [1.82, 2.24) is 0 Å². The van der Waals surface area contributed by atoms with E-state index in [0.29, 0.717) is 10.9 Å². The summed E-state index contributed by atoms with van der Waals surface area (Å²) in [5.41, 5.74) is 0.0981. The maximum atomic E-state index is 11.7. The summed E-state index contributed by atoms with van der Waals surface area (Å²) < 4.78 is 0.581. The van der Waals surface area contributed by atoms with Crippen LogP contribution in [0.4, 0.5) is 5.69 Å². The molecule has 1 aliphatic rings. The van der Waals surface area contributed by atoms with Crippen LogP contribution >= 0.6 is 27.5 Å². The monoisotopic (exact) mass is 333 g/mol. The maximum absolute atomic E-state index is 11.7. The Bertz CT molecular complexity index is 511. The fourth-order valence-electron chi connectivity index (χ4n) is 1.66. The van der Waals surface area contributed by atoms with E-state index in [1.807, 2.05) is 0 Å².